The summed E-state index contributed by atoms with van der Waals surface area (Å²) in [6, 6.07) is 0. The molecule has 0 radical (unpaired) electrons. The lowest BCUT2D eigenvalue weighted by Crippen LogP contribution is -2.32. The van der Waals surface area contributed by atoms with Crippen molar-refractivity contribution in [1.29, 1.82) is 0 Å². The van der Waals surface area contributed by atoms with Crippen molar-refractivity contribution in [3.8, 4) is 0 Å². The molecule has 0 aliphatic heterocycles. The van der Waals surface area contributed by atoms with Gasteiger partial charge in [0.15, 0.2) is 0 Å². The van der Waals surface area contributed by atoms with E-state index in [0.717, 1.165) is 6.42 Å². The normalized spacial score (nSPS) is 13.1. The highest BCUT2D eigenvalue weighted by molar-refractivity contribution is 5.56. The van der Waals surface area contributed by atoms with Crippen LogP contribution in [0, 0.1) is 0 Å². The molecule has 0 aromatic rings. The molecule has 12 heavy (non-hydrogen) atoms. The molecular weight excluding hydrogens is 148 g/mol. The van der Waals surface area contributed by atoms with Gasteiger partial charge in [0.05, 0.1) is 5.54 Å². The lowest BCUT2D eigenvalue weighted by molar-refractivity contribution is 0.215. The summed E-state index contributed by atoms with van der Waals surface area (Å²) in [6.45, 7) is 10.5. The average molecular weight is 168 g/mol. The van der Waals surface area contributed by atoms with Crippen LogP contribution in [0.1, 0.15) is 41.0 Å². The van der Waals surface area contributed by atoms with Gasteiger partial charge in [-0.15, -0.1) is 0 Å². The van der Waals surface area contributed by atoms with Crippen LogP contribution in [0.25, 0.3) is 0 Å². The quantitative estimate of drug-likeness (QED) is 0.467. The van der Waals surface area contributed by atoms with E-state index in [-0.39, 0.29) is 5.54 Å². The minimum atomic E-state index is 0.0676. The highest BCUT2D eigenvalue weighted by atomic mass is 15.5. The van der Waals surface area contributed by atoms with Crippen LogP contribution >= 0.6 is 0 Å². The van der Waals surface area contributed by atoms with Crippen molar-refractivity contribution >= 4 is 6.21 Å². The zero-order valence-electron chi connectivity index (χ0n) is 8.83. The summed E-state index contributed by atoms with van der Waals surface area (Å²) in [5.41, 5.74) is 0.0676. The molecule has 0 unspecified atom stereocenters. The summed E-state index contributed by atoms with van der Waals surface area (Å²) in [5, 5.41) is 6.29. The lowest BCUT2D eigenvalue weighted by Gasteiger charge is -2.29. The molecule has 0 spiro atoms. The third-order valence-electron chi connectivity index (χ3n) is 1.37. The van der Waals surface area contributed by atoms with Crippen LogP contribution in [-0.4, -0.2) is 16.8 Å². The molecule has 0 aliphatic carbocycles. The Labute approximate surface area is 76.0 Å². The van der Waals surface area contributed by atoms with E-state index in [1.54, 1.807) is 0 Å². The fraction of sp³-hybridized carbons (Fsp3) is 0.700. The van der Waals surface area contributed by atoms with Gasteiger partial charge in [0, 0.05) is 12.4 Å². The van der Waals surface area contributed by atoms with E-state index in [4.69, 9.17) is 0 Å². The molecule has 0 aromatic heterocycles. The zero-order chi connectivity index (χ0) is 9.61. The predicted molar refractivity (Wildman–Crippen MR) is 55.2 cm³/mol. The third kappa shape index (κ3) is 4.16. The Balaban J connectivity index is 4.34. The van der Waals surface area contributed by atoms with E-state index in [1.807, 2.05) is 30.4 Å². The Morgan fingerprint density at radius 2 is 1.92 bits per heavy atom. The molecule has 0 aliphatic rings. The Hall–Kier alpha value is -0.790. The number of hydrogen-bond acceptors (Lipinski definition) is 2. The molecule has 0 saturated carbocycles. The Kier molecular flexibility index (Phi) is 4.64. The number of hydrazone groups is 1. The van der Waals surface area contributed by atoms with Gasteiger partial charge in [-0.2, -0.15) is 5.10 Å². The van der Waals surface area contributed by atoms with Crippen molar-refractivity contribution in [2.45, 2.75) is 46.6 Å². The van der Waals surface area contributed by atoms with Crippen LogP contribution in [0.2, 0.25) is 0 Å². The molecule has 0 bridgehead atoms. The van der Waals surface area contributed by atoms with Crippen LogP contribution in [0.5, 0.6) is 0 Å². The summed E-state index contributed by atoms with van der Waals surface area (Å²) >= 11 is 0. The molecule has 0 aromatic carbocycles. The van der Waals surface area contributed by atoms with Crippen molar-refractivity contribution in [2.24, 2.45) is 5.10 Å². The maximum Gasteiger partial charge on any atom is 0.0543 e. The first kappa shape index (κ1) is 11.2. The minimum absolute atomic E-state index is 0.0676. The molecule has 0 atom stereocenters. The first-order valence-electron chi connectivity index (χ1n) is 4.47. The van der Waals surface area contributed by atoms with E-state index in [2.05, 4.69) is 32.8 Å². The SMILES string of the molecule is CC=CN(N=CCC)C(C)(C)C. The minimum Gasteiger partial charge on any atom is -0.268 e. The highest BCUT2D eigenvalue weighted by Gasteiger charge is 2.15. The molecule has 2 nitrogen and oxygen atoms in total. The van der Waals surface area contributed by atoms with Crippen molar-refractivity contribution in [1.82, 2.24) is 5.01 Å². The van der Waals surface area contributed by atoms with E-state index < -0.39 is 0 Å². The van der Waals surface area contributed by atoms with Crippen LogP contribution < -0.4 is 0 Å². The van der Waals surface area contributed by atoms with Gasteiger partial charge in [-0.1, -0.05) is 13.0 Å². The van der Waals surface area contributed by atoms with Crippen LogP contribution in [-0.2, 0) is 0 Å². The maximum atomic E-state index is 4.32. The molecule has 0 saturated heterocycles. The van der Waals surface area contributed by atoms with E-state index in [1.165, 1.54) is 0 Å². The largest absolute Gasteiger partial charge is 0.268 e. The highest BCUT2D eigenvalue weighted by Crippen LogP contribution is 2.13. The fourth-order valence-corrected chi connectivity index (χ4v) is 0.746. The number of hydrogen-bond donors (Lipinski definition) is 0. The first-order chi connectivity index (χ1) is 5.52. The smallest absolute Gasteiger partial charge is 0.0543 e. The van der Waals surface area contributed by atoms with Crippen molar-refractivity contribution in [3.05, 3.63) is 12.3 Å². The monoisotopic (exact) mass is 168 g/mol. The van der Waals surface area contributed by atoms with Crippen LogP contribution in [0.3, 0.4) is 0 Å². The van der Waals surface area contributed by atoms with Crippen molar-refractivity contribution in [3.63, 3.8) is 0 Å². The Morgan fingerprint density at radius 3 is 2.25 bits per heavy atom. The second-order valence-electron chi connectivity index (χ2n) is 3.70. The molecule has 0 amide bonds. The predicted octanol–water partition coefficient (Wildman–Crippen LogP) is 3.02. The Morgan fingerprint density at radius 1 is 1.33 bits per heavy atom. The standard InChI is InChI=1S/C10H20N2/c1-6-8-11-12(9-7-2)10(3,4)5/h7-9H,6H2,1-5H3. The third-order valence-corrected chi connectivity index (χ3v) is 1.37. The topological polar surface area (TPSA) is 15.6 Å². The molecule has 0 rings (SSSR count). The van der Waals surface area contributed by atoms with Gasteiger partial charge < -0.3 is 0 Å². The van der Waals surface area contributed by atoms with Gasteiger partial charge >= 0.3 is 0 Å². The van der Waals surface area contributed by atoms with Crippen LogP contribution in [0.15, 0.2) is 17.4 Å². The average Bonchev–Trinajstić information content (AvgIpc) is 1.95. The van der Waals surface area contributed by atoms with Crippen molar-refractivity contribution in [2.75, 3.05) is 0 Å². The zero-order valence-corrected chi connectivity index (χ0v) is 8.83. The second kappa shape index (κ2) is 4.96. The number of nitrogens with zero attached hydrogens (tertiary/aromatic N) is 2. The summed E-state index contributed by atoms with van der Waals surface area (Å²) in [6.07, 6.45) is 6.89. The molecule has 0 heterocycles. The molecule has 0 N–H and O–H groups in total. The molecule has 0 fully saturated rings. The molecular formula is C10H20N2. The Bertz CT molecular complexity index is 163. The fourth-order valence-electron chi connectivity index (χ4n) is 0.746. The molecule has 70 valence electrons. The summed E-state index contributed by atoms with van der Waals surface area (Å²) in [5.74, 6) is 0. The van der Waals surface area contributed by atoms with Gasteiger partial charge in [-0.3, -0.25) is 5.01 Å². The van der Waals surface area contributed by atoms with Crippen LogP contribution in [0.4, 0.5) is 0 Å². The van der Waals surface area contributed by atoms with Gasteiger partial charge in [0.25, 0.3) is 0 Å². The first-order valence-corrected chi connectivity index (χ1v) is 4.47. The van der Waals surface area contributed by atoms with Gasteiger partial charge in [0.1, 0.15) is 0 Å². The number of allylic oxidation sites excluding steroid dienone is 1. The van der Waals surface area contributed by atoms with Gasteiger partial charge in [-0.05, 0) is 34.1 Å². The van der Waals surface area contributed by atoms with E-state index in [0.29, 0.717) is 0 Å². The summed E-state index contributed by atoms with van der Waals surface area (Å²) in [7, 11) is 0. The second-order valence-corrected chi connectivity index (χ2v) is 3.70. The van der Waals surface area contributed by atoms with Gasteiger partial charge in [0.2, 0.25) is 0 Å². The lowest BCUT2D eigenvalue weighted by atomic mass is 10.1. The van der Waals surface area contributed by atoms with E-state index in [9.17, 15) is 0 Å². The summed E-state index contributed by atoms with van der Waals surface area (Å²) < 4.78 is 0. The van der Waals surface area contributed by atoms with E-state index >= 15 is 0 Å². The van der Waals surface area contributed by atoms with Gasteiger partial charge in [-0.25, -0.2) is 0 Å². The summed E-state index contributed by atoms with van der Waals surface area (Å²) in [4.78, 5) is 0. The molecule has 2 heteroatoms. The van der Waals surface area contributed by atoms with Crippen molar-refractivity contribution < 1.29 is 0 Å². The maximum absolute atomic E-state index is 4.32. The number of rotatable bonds is 3.